The smallest absolute Gasteiger partial charge is 0.228 e. The van der Waals surface area contributed by atoms with Crippen LogP contribution in [0.3, 0.4) is 0 Å². The van der Waals surface area contributed by atoms with Gasteiger partial charge in [0.1, 0.15) is 5.82 Å². The number of amides is 2. The van der Waals surface area contributed by atoms with Crippen LogP contribution in [0.4, 0.5) is 10.1 Å². The molecular weight excluding hydrogens is 335 g/mol. The molecule has 7 heteroatoms. The van der Waals surface area contributed by atoms with Crippen LogP contribution in [-0.4, -0.2) is 73.5 Å². The number of piperazine rings is 1. The summed E-state index contributed by atoms with van der Waals surface area (Å²) in [7, 11) is 0. The van der Waals surface area contributed by atoms with Crippen molar-refractivity contribution in [1.29, 1.82) is 0 Å². The number of hydrogen-bond donors (Lipinski definition) is 1. The molecule has 0 radical (unpaired) electrons. The predicted octanol–water partition coefficient (Wildman–Crippen LogP) is 0.685. The fourth-order valence-corrected chi connectivity index (χ4v) is 4.32. The SMILES string of the molecule is O=C(C1CC(=O)N(c2ccccc2F)C1)N1CCC(N2CCNCC2)C1. The lowest BCUT2D eigenvalue weighted by Crippen LogP contribution is -2.49. The normalized spacial score (nSPS) is 27.3. The molecule has 1 aromatic rings. The van der Waals surface area contributed by atoms with E-state index in [1.807, 2.05) is 4.90 Å². The molecule has 1 N–H and O–H groups in total. The minimum absolute atomic E-state index is 0.0369. The minimum Gasteiger partial charge on any atom is -0.341 e. The Balaban J connectivity index is 1.38. The number of para-hydroxylation sites is 1. The number of hydrogen-bond acceptors (Lipinski definition) is 4. The molecule has 0 bridgehead atoms. The molecule has 3 fully saturated rings. The fraction of sp³-hybridized carbons (Fsp3) is 0.579. The number of halogens is 1. The summed E-state index contributed by atoms with van der Waals surface area (Å²) in [4.78, 5) is 31.0. The molecule has 0 aromatic heterocycles. The number of likely N-dealkylation sites (tertiary alicyclic amines) is 1. The lowest BCUT2D eigenvalue weighted by molar-refractivity contribution is -0.135. The molecule has 4 rings (SSSR count). The molecule has 2 atom stereocenters. The average molecular weight is 360 g/mol. The van der Waals surface area contributed by atoms with Crippen LogP contribution >= 0.6 is 0 Å². The molecule has 3 aliphatic heterocycles. The molecule has 2 amide bonds. The zero-order chi connectivity index (χ0) is 18.1. The van der Waals surface area contributed by atoms with Crippen LogP contribution in [0.25, 0.3) is 0 Å². The first-order valence-corrected chi connectivity index (χ1v) is 9.42. The first-order chi connectivity index (χ1) is 12.6. The molecule has 2 unspecified atom stereocenters. The summed E-state index contributed by atoms with van der Waals surface area (Å²) in [5.41, 5.74) is 0.271. The quantitative estimate of drug-likeness (QED) is 0.862. The number of carbonyl (C=O) groups excluding carboxylic acids is 2. The minimum atomic E-state index is -0.422. The highest BCUT2D eigenvalue weighted by Crippen LogP contribution is 2.29. The summed E-state index contributed by atoms with van der Waals surface area (Å²) in [5, 5.41) is 3.35. The van der Waals surface area contributed by atoms with E-state index in [4.69, 9.17) is 0 Å². The van der Waals surface area contributed by atoms with Gasteiger partial charge in [0, 0.05) is 58.3 Å². The number of anilines is 1. The highest BCUT2D eigenvalue weighted by atomic mass is 19.1. The van der Waals surface area contributed by atoms with E-state index in [2.05, 4.69) is 10.2 Å². The Morgan fingerprint density at radius 1 is 1.12 bits per heavy atom. The van der Waals surface area contributed by atoms with E-state index in [0.29, 0.717) is 6.04 Å². The maximum absolute atomic E-state index is 14.0. The van der Waals surface area contributed by atoms with E-state index in [0.717, 1.165) is 45.7 Å². The van der Waals surface area contributed by atoms with Gasteiger partial charge in [-0.15, -0.1) is 0 Å². The number of rotatable bonds is 3. The van der Waals surface area contributed by atoms with Crippen molar-refractivity contribution >= 4 is 17.5 Å². The molecule has 1 aromatic carbocycles. The average Bonchev–Trinajstić information content (AvgIpc) is 3.30. The van der Waals surface area contributed by atoms with Gasteiger partial charge in [-0.3, -0.25) is 14.5 Å². The van der Waals surface area contributed by atoms with Crippen molar-refractivity contribution in [3.8, 4) is 0 Å². The van der Waals surface area contributed by atoms with E-state index in [1.165, 1.54) is 11.0 Å². The van der Waals surface area contributed by atoms with Crippen LogP contribution < -0.4 is 10.2 Å². The van der Waals surface area contributed by atoms with Crippen LogP contribution in [-0.2, 0) is 9.59 Å². The molecule has 0 aliphatic carbocycles. The van der Waals surface area contributed by atoms with E-state index < -0.39 is 5.82 Å². The molecule has 3 saturated heterocycles. The van der Waals surface area contributed by atoms with Gasteiger partial charge in [0.25, 0.3) is 0 Å². The number of benzene rings is 1. The molecule has 26 heavy (non-hydrogen) atoms. The highest BCUT2D eigenvalue weighted by Gasteiger charge is 2.40. The van der Waals surface area contributed by atoms with Gasteiger partial charge < -0.3 is 15.1 Å². The number of nitrogens with one attached hydrogen (secondary N) is 1. The van der Waals surface area contributed by atoms with E-state index in [1.54, 1.807) is 18.2 Å². The summed E-state index contributed by atoms with van der Waals surface area (Å²) < 4.78 is 14.0. The molecule has 3 heterocycles. The second-order valence-corrected chi connectivity index (χ2v) is 7.37. The van der Waals surface area contributed by atoms with Gasteiger partial charge in [0.15, 0.2) is 0 Å². The van der Waals surface area contributed by atoms with Gasteiger partial charge in [-0.1, -0.05) is 12.1 Å². The predicted molar refractivity (Wildman–Crippen MR) is 96.3 cm³/mol. The summed E-state index contributed by atoms with van der Waals surface area (Å²) in [5.74, 6) is -0.932. The standard InChI is InChI=1S/C19H25FN4O2/c20-16-3-1-2-4-17(16)24-12-14(11-18(24)25)19(26)23-8-5-15(13-23)22-9-6-21-7-10-22/h1-4,14-15,21H,5-13H2. The Morgan fingerprint density at radius 3 is 2.65 bits per heavy atom. The third-order valence-corrected chi connectivity index (χ3v) is 5.76. The third-order valence-electron chi connectivity index (χ3n) is 5.76. The van der Waals surface area contributed by atoms with Crippen LogP contribution in [0.5, 0.6) is 0 Å². The zero-order valence-electron chi connectivity index (χ0n) is 14.9. The molecule has 0 saturated carbocycles. The van der Waals surface area contributed by atoms with E-state index >= 15 is 0 Å². The topological polar surface area (TPSA) is 55.9 Å². The molecule has 140 valence electrons. The summed E-state index contributed by atoms with van der Waals surface area (Å²) in [6.07, 6.45) is 1.16. The second kappa shape index (κ2) is 7.32. The lowest BCUT2D eigenvalue weighted by Gasteiger charge is -2.32. The fourth-order valence-electron chi connectivity index (χ4n) is 4.32. The van der Waals surface area contributed by atoms with Crippen molar-refractivity contribution in [3.63, 3.8) is 0 Å². The summed E-state index contributed by atoms with van der Waals surface area (Å²) >= 11 is 0. The van der Waals surface area contributed by atoms with Gasteiger partial charge in [-0.05, 0) is 18.6 Å². The maximum atomic E-state index is 14.0. The Bertz CT molecular complexity index is 692. The van der Waals surface area contributed by atoms with Crippen molar-refractivity contribution in [2.45, 2.75) is 18.9 Å². The summed E-state index contributed by atoms with van der Waals surface area (Å²) in [6.45, 7) is 5.80. The molecular formula is C19H25FN4O2. The first kappa shape index (κ1) is 17.4. The van der Waals surface area contributed by atoms with Crippen molar-refractivity contribution in [1.82, 2.24) is 15.1 Å². The van der Waals surface area contributed by atoms with Crippen LogP contribution in [0, 0.1) is 11.7 Å². The molecule has 0 spiro atoms. The highest BCUT2D eigenvalue weighted by molar-refractivity contribution is 6.00. The van der Waals surface area contributed by atoms with Crippen LogP contribution in [0.15, 0.2) is 24.3 Å². The zero-order valence-corrected chi connectivity index (χ0v) is 14.9. The van der Waals surface area contributed by atoms with Gasteiger partial charge in [-0.25, -0.2) is 4.39 Å². The Morgan fingerprint density at radius 2 is 1.88 bits per heavy atom. The van der Waals surface area contributed by atoms with Crippen molar-refractivity contribution in [3.05, 3.63) is 30.1 Å². The van der Waals surface area contributed by atoms with Crippen LogP contribution in [0.2, 0.25) is 0 Å². The number of carbonyl (C=O) groups is 2. The largest absolute Gasteiger partial charge is 0.341 e. The first-order valence-electron chi connectivity index (χ1n) is 9.42. The van der Waals surface area contributed by atoms with Gasteiger partial charge >= 0.3 is 0 Å². The number of nitrogens with zero attached hydrogens (tertiary/aromatic N) is 3. The van der Waals surface area contributed by atoms with Crippen molar-refractivity contribution < 1.29 is 14.0 Å². The van der Waals surface area contributed by atoms with Crippen LogP contribution in [0.1, 0.15) is 12.8 Å². The molecule has 3 aliphatic rings. The third kappa shape index (κ3) is 3.33. The summed E-state index contributed by atoms with van der Waals surface area (Å²) in [6, 6.07) is 6.66. The monoisotopic (exact) mass is 360 g/mol. The van der Waals surface area contributed by atoms with Gasteiger partial charge in [0.05, 0.1) is 11.6 Å². The second-order valence-electron chi connectivity index (χ2n) is 7.37. The van der Waals surface area contributed by atoms with Crippen molar-refractivity contribution in [2.24, 2.45) is 5.92 Å². The van der Waals surface area contributed by atoms with E-state index in [9.17, 15) is 14.0 Å². The van der Waals surface area contributed by atoms with Crippen molar-refractivity contribution in [2.75, 3.05) is 50.7 Å². The Labute approximate surface area is 152 Å². The van der Waals surface area contributed by atoms with Gasteiger partial charge in [0.2, 0.25) is 11.8 Å². The lowest BCUT2D eigenvalue weighted by atomic mass is 10.1. The van der Waals surface area contributed by atoms with Gasteiger partial charge in [-0.2, -0.15) is 0 Å². The Hall–Kier alpha value is -1.99. The Kier molecular flexibility index (Phi) is 4.91. The molecule has 6 nitrogen and oxygen atoms in total. The maximum Gasteiger partial charge on any atom is 0.228 e. The van der Waals surface area contributed by atoms with E-state index in [-0.39, 0.29) is 36.4 Å².